The fourth-order valence-electron chi connectivity index (χ4n) is 2.41. The molecule has 0 aromatic heterocycles. The number of methoxy groups -OCH3 is 1. The second-order valence-corrected chi connectivity index (χ2v) is 5.92. The third-order valence-electron chi connectivity index (χ3n) is 3.92. The Morgan fingerprint density at radius 1 is 1.21 bits per heavy atom. The van der Waals surface area contributed by atoms with Gasteiger partial charge in [-0.15, -0.1) is 0 Å². The Kier molecular flexibility index (Phi) is 7.72. The third-order valence-corrected chi connectivity index (χ3v) is 3.92. The van der Waals surface area contributed by atoms with Crippen molar-refractivity contribution in [1.82, 2.24) is 5.32 Å². The molecule has 2 aromatic carbocycles. The number of halogens is 2. The second-order valence-electron chi connectivity index (χ2n) is 5.92. The molecule has 0 fully saturated rings. The highest BCUT2D eigenvalue weighted by Gasteiger charge is 2.12. The van der Waals surface area contributed by atoms with Gasteiger partial charge >= 0.3 is 0 Å². The molecule has 0 saturated carbocycles. The molecule has 6 nitrogen and oxygen atoms in total. The molecule has 1 atom stereocenters. The summed E-state index contributed by atoms with van der Waals surface area (Å²) in [5.74, 6) is -1.47. The predicted octanol–water partition coefficient (Wildman–Crippen LogP) is 2.85. The van der Waals surface area contributed by atoms with Gasteiger partial charge in [0.1, 0.15) is 0 Å². The van der Waals surface area contributed by atoms with Gasteiger partial charge in [-0.3, -0.25) is 4.79 Å². The van der Waals surface area contributed by atoms with E-state index in [0.717, 1.165) is 12.1 Å². The molecule has 0 heterocycles. The zero-order chi connectivity index (χ0) is 20.5. The number of carbonyl (C=O) groups excluding carboxylic acids is 1. The van der Waals surface area contributed by atoms with Gasteiger partial charge in [-0.1, -0.05) is 6.07 Å². The maximum atomic E-state index is 13.2. The van der Waals surface area contributed by atoms with E-state index in [2.05, 4.69) is 5.32 Å². The molecule has 0 saturated heterocycles. The Labute approximate surface area is 161 Å². The summed E-state index contributed by atoms with van der Waals surface area (Å²) in [4.78, 5) is 11.8. The lowest BCUT2D eigenvalue weighted by molar-refractivity contribution is -0.121. The van der Waals surface area contributed by atoms with E-state index >= 15 is 0 Å². The number of nitriles is 1. The van der Waals surface area contributed by atoms with E-state index in [1.165, 1.54) is 13.2 Å². The maximum Gasteiger partial charge on any atom is 0.220 e. The van der Waals surface area contributed by atoms with Crippen LogP contribution in [0.15, 0.2) is 36.4 Å². The van der Waals surface area contributed by atoms with Crippen LogP contribution < -0.4 is 14.8 Å². The van der Waals surface area contributed by atoms with Crippen LogP contribution in [0.2, 0.25) is 0 Å². The number of aliphatic hydroxyl groups excluding tert-OH is 1. The minimum atomic E-state index is -1.14. The van der Waals surface area contributed by atoms with Gasteiger partial charge in [-0.25, -0.2) is 8.78 Å². The van der Waals surface area contributed by atoms with Gasteiger partial charge in [0.05, 0.1) is 31.5 Å². The number of rotatable bonds is 9. The van der Waals surface area contributed by atoms with Gasteiger partial charge < -0.3 is 19.9 Å². The molecule has 0 aliphatic rings. The highest BCUT2D eigenvalue weighted by Crippen LogP contribution is 2.27. The smallest absolute Gasteiger partial charge is 0.220 e. The molecule has 28 heavy (non-hydrogen) atoms. The minimum absolute atomic E-state index is 0.117. The lowest BCUT2D eigenvalue weighted by Crippen LogP contribution is -2.28. The summed E-state index contributed by atoms with van der Waals surface area (Å²) in [6.45, 7) is 0.135. The molecule has 1 unspecified atom stereocenters. The number of hydrogen-bond acceptors (Lipinski definition) is 5. The first-order valence-electron chi connectivity index (χ1n) is 8.55. The summed E-state index contributed by atoms with van der Waals surface area (Å²) in [5.41, 5.74) is 0.624. The molecule has 148 valence electrons. The molecule has 0 bridgehead atoms. The van der Waals surface area contributed by atoms with Gasteiger partial charge in [-0.2, -0.15) is 5.26 Å². The first-order valence-corrected chi connectivity index (χ1v) is 8.55. The summed E-state index contributed by atoms with van der Waals surface area (Å²) in [7, 11) is 1.47. The van der Waals surface area contributed by atoms with Crippen molar-refractivity contribution in [2.75, 3.05) is 20.3 Å². The molecule has 0 spiro atoms. The number of ether oxygens (including phenoxy) is 2. The third kappa shape index (κ3) is 5.93. The van der Waals surface area contributed by atoms with E-state index < -0.39 is 17.7 Å². The average Bonchev–Trinajstić information content (AvgIpc) is 2.71. The van der Waals surface area contributed by atoms with Gasteiger partial charge in [0.2, 0.25) is 5.91 Å². The van der Waals surface area contributed by atoms with Gasteiger partial charge in [0, 0.05) is 19.0 Å². The van der Waals surface area contributed by atoms with E-state index in [1.807, 2.05) is 6.07 Å². The lowest BCUT2D eigenvalue weighted by Gasteiger charge is -2.13. The average molecular weight is 390 g/mol. The Morgan fingerprint density at radius 3 is 2.68 bits per heavy atom. The van der Waals surface area contributed by atoms with E-state index in [4.69, 9.17) is 14.7 Å². The molecular weight excluding hydrogens is 370 g/mol. The molecule has 2 N–H and O–H groups in total. The molecule has 0 aliphatic carbocycles. The Morgan fingerprint density at radius 2 is 2.00 bits per heavy atom. The molecule has 2 aromatic rings. The standard InChI is InChI=1S/C20H20F2N2O4/c1-27-19-9-13(11-23)4-7-18(19)28-8-2-3-20(26)24-12-17(25)14-5-6-15(21)16(22)10-14/h4-7,9-10,17,25H,2-3,8,12H2,1H3,(H,24,26). The molecular formula is C20H20F2N2O4. The lowest BCUT2D eigenvalue weighted by atomic mass is 10.1. The SMILES string of the molecule is COc1cc(C#N)ccc1OCCCC(=O)NCC(O)c1ccc(F)c(F)c1. The molecule has 8 heteroatoms. The van der Waals surface area contributed by atoms with Crippen molar-refractivity contribution in [3.05, 3.63) is 59.2 Å². The second kappa shape index (κ2) is 10.2. The topological polar surface area (TPSA) is 91.6 Å². The molecule has 1 amide bonds. The van der Waals surface area contributed by atoms with Crippen LogP contribution in [0.5, 0.6) is 11.5 Å². The van der Waals surface area contributed by atoms with Crippen molar-refractivity contribution in [3.63, 3.8) is 0 Å². The summed E-state index contributed by atoms with van der Waals surface area (Å²) in [6.07, 6.45) is -0.572. The summed E-state index contributed by atoms with van der Waals surface area (Å²) in [5, 5.41) is 21.3. The number of hydrogen-bond donors (Lipinski definition) is 2. The van der Waals surface area contributed by atoms with Gasteiger partial charge in [0.15, 0.2) is 23.1 Å². The van der Waals surface area contributed by atoms with E-state index in [1.54, 1.807) is 18.2 Å². The van der Waals surface area contributed by atoms with Crippen LogP contribution in [0.25, 0.3) is 0 Å². The van der Waals surface area contributed by atoms with Crippen LogP contribution in [0.1, 0.15) is 30.1 Å². The highest BCUT2D eigenvalue weighted by molar-refractivity contribution is 5.75. The largest absolute Gasteiger partial charge is 0.493 e. The van der Waals surface area contributed by atoms with Crippen LogP contribution in [-0.4, -0.2) is 31.3 Å². The maximum absolute atomic E-state index is 13.2. The Balaban J connectivity index is 1.73. The first-order chi connectivity index (χ1) is 13.4. The van der Waals surface area contributed by atoms with Crippen LogP contribution in [-0.2, 0) is 4.79 Å². The van der Waals surface area contributed by atoms with E-state index in [9.17, 15) is 18.7 Å². The fourth-order valence-corrected chi connectivity index (χ4v) is 2.41. The molecule has 2 rings (SSSR count). The van der Waals surface area contributed by atoms with E-state index in [-0.39, 0.29) is 31.0 Å². The summed E-state index contributed by atoms with van der Waals surface area (Å²) < 4.78 is 36.8. The molecule has 0 aliphatic heterocycles. The van der Waals surface area contributed by atoms with Crippen molar-refractivity contribution in [1.29, 1.82) is 5.26 Å². The van der Waals surface area contributed by atoms with Crippen molar-refractivity contribution in [2.24, 2.45) is 0 Å². The number of carbonyl (C=O) groups is 1. The normalized spacial score (nSPS) is 11.4. The van der Waals surface area contributed by atoms with Crippen molar-refractivity contribution < 1.29 is 28.2 Å². The zero-order valence-corrected chi connectivity index (χ0v) is 15.2. The van der Waals surface area contributed by atoms with E-state index in [0.29, 0.717) is 23.5 Å². The number of aliphatic hydroxyl groups is 1. The first kappa shape index (κ1) is 21.1. The van der Waals surface area contributed by atoms with Crippen molar-refractivity contribution in [3.8, 4) is 17.6 Å². The van der Waals surface area contributed by atoms with Crippen LogP contribution in [0.4, 0.5) is 8.78 Å². The minimum Gasteiger partial charge on any atom is -0.493 e. The van der Waals surface area contributed by atoms with Crippen molar-refractivity contribution >= 4 is 5.91 Å². The molecule has 0 radical (unpaired) electrons. The zero-order valence-electron chi connectivity index (χ0n) is 15.2. The van der Waals surface area contributed by atoms with Gasteiger partial charge in [0.25, 0.3) is 0 Å². The van der Waals surface area contributed by atoms with Crippen LogP contribution in [0.3, 0.4) is 0 Å². The fraction of sp³-hybridized carbons (Fsp3) is 0.300. The Bertz CT molecular complexity index is 868. The van der Waals surface area contributed by atoms with Crippen molar-refractivity contribution in [2.45, 2.75) is 18.9 Å². The number of amides is 1. The number of nitrogens with one attached hydrogen (secondary N) is 1. The number of benzene rings is 2. The predicted molar refractivity (Wildman–Crippen MR) is 96.8 cm³/mol. The summed E-state index contributed by atoms with van der Waals surface area (Å²) in [6, 6.07) is 9.86. The van der Waals surface area contributed by atoms with Crippen LogP contribution >= 0.6 is 0 Å². The highest BCUT2D eigenvalue weighted by atomic mass is 19.2. The van der Waals surface area contributed by atoms with Gasteiger partial charge in [-0.05, 0) is 36.2 Å². The number of nitrogens with zero attached hydrogens (tertiary/aromatic N) is 1. The monoisotopic (exact) mass is 390 g/mol. The Hall–Kier alpha value is -3.18. The quantitative estimate of drug-likeness (QED) is 0.643. The summed E-state index contributed by atoms with van der Waals surface area (Å²) >= 11 is 0. The van der Waals surface area contributed by atoms with Crippen LogP contribution in [0, 0.1) is 23.0 Å².